The van der Waals surface area contributed by atoms with Crippen LogP contribution in [0.25, 0.3) is 5.65 Å². The van der Waals surface area contributed by atoms with Gasteiger partial charge in [-0.2, -0.15) is 0 Å². The summed E-state index contributed by atoms with van der Waals surface area (Å²) in [5.41, 5.74) is -1.14. The largest absolute Gasteiger partial charge is 0.476 e. The third-order valence-electron chi connectivity index (χ3n) is 1.77. The minimum Gasteiger partial charge on any atom is -0.476 e. The van der Waals surface area contributed by atoms with Crippen LogP contribution in [-0.4, -0.2) is 25.7 Å². The van der Waals surface area contributed by atoms with Crippen LogP contribution in [0.5, 0.6) is 0 Å². The molecule has 2 heterocycles. The van der Waals surface area contributed by atoms with E-state index < -0.39 is 17.2 Å². The van der Waals surface area contributed by atoms with Crippen LogP contribution in [0.2, 0.25) is 5.02 Å². The summed E-state index contributed by atoms with van der Waals surface area (Å²) in [5.74, 6) is -1.41. The molecule has 0 aliphatic rings. The quantitative estimate of drug-likeness (QED) is 0.761. The third-order valence-corrected chi connectivity index (χ3v) is 2.01. The second-order valence-electron chi connectivity index (χ2n) is 2.73. The van der Waals surface area contributed by atoms with E-state index in [1.54, 1.807) is 0 Å². The Labute approximate surface area is 87.8 Å². The van der Waals surface area contributed by atoms with Gasteiger partial charge in [0.2, 0.25) is 5.69 Å². The molecule has 0 atom stereocenters. The number of fused-ring (bicyclic) bond motifs is 1. The first-order valence-corrected chi connectivity index (χ1v) is 4.25. The van der Waals surface area contributed by atoms with E-state index >= 15 is 0 Å². The van der Waals surface area contributed by atoms with Crippen molar-refractivity contribution in [1.29, 1.82) is 0 Å². The van der Waals surface area contributed by atoms with Crippen LogP contribution in [0.3, 0.4) is 0 Å². The summed E-state index contributed by atoms with van der Waals surface area (Å²) in [7, 11) is 0. The average molecular weight is 226 g/mol. The van der Waals surface area contributed by atoms with E-state index in [9.17, 15) is 9.59 Å². The first-order chi connectivity index (χ1) is 7.09. The Bertz CT molecular complexity index is 608. The first-order valence-electron chi connectivity index (χ1n) is 3.87. The van der Waals surface area contributed by atoms with Gasteiger partial charge in [-0.1, -0.05) is 11.6 Å². The average Bonchev–Trinajstić information content (AvgIpc) is 2.17. The van der Waals surface area contributed by atoms with Gasteiger partial charge >= 0.3 is 5.97 Å². The highest BCUT2D eigenvalue weighted by atomic mass is 35.5. The molecule has 0 saturated carbocycles. The summed E-state index contributed by atoms with van der Waals surface area (Å²) in [5, 5.41) is 15.9. The van der Waals surface area contributed by atoms with Crippen molar-refractivity contribution in [3.8, 4) is 0 Å². The number of rotatable bonds is 1. The molecule has 0 spiro atoms. The van der Waals surface area contributed by atoms with Gasteiger partial charge in [0, 0.05) is 17.3 Å². The van der Waals surface area contributed by atoms with Crippen LogP contribution in [0.1, 0.15) is 10.5 Å². The van der Waals surface area contributed by atoms with Gasteiger partial charge in [0.15, 0.2) is 5.65 Å². The van der Waals surface area contributed by atoms with Crippen molar-refractivity contribution in [2.24, 2.45) is 0 Å². The second-order valence-corrected chi connectivity index (χ2v) is 3.17. The van der Waals surface area contributed by atoms with Gasteiger partial charge in [-0.05, 0) is 6.07 Å². The summed E-state index contributed by atoms with van der Waals surface area (Å²) >= 11 is 5.67. The molecule has 7 heteroatoms. The van der Waals surface area contributed by atoms with Gasteiger partial charge in [-0.3, -0.25) is 9.20 Å². The highest BCUT2D eigenvalue weighted by Crippen LogP contribution is 2.08. The molecule has 6 nitrogen and oxygen atoms in total. The maximum atomic E-state index is 11.5. The zero-order valence-corrected chi connectivity index (χ0v) is 7.97. The smallest absolute Gasteiger partial charge is 0.362 e. The molecule has 0 aliphatic carbocycles. The lowest BCUT2D eigenvalue weighted by Crippen LogP contribution is -2.25. The van der Waals surface area contributed by atoms with Gasteiger partial charge in [-0.25, -0.2) is 4.79 Å². The molecule has 1 N–H and O–H groups in total. The van der Waals surface area contributed by atoms with Crippen LogP contribution in [0, 0.1) is 0 Å². The Kier molecular flexibility index (Phi) is 2.12. The zero-order valence-electron chi connectivity index (χ0n) is 7.22. The van der Waals surface area contributed by atoms with Gasteiger partial charge in [0.05, 0.1) is 0 Å². The van der Waals surface area contributed by atoms with Crippen molar-refractivity contribution in [2.45, 2.75) is 0 Å². The number of carboxylic acid groups (broad SMARTS) is 1. The predicted molar refractivity (Wildman–Crippen MR) is 51.2 cm³/mol. The lowest BCUT2D eigenvalue weighted by atomic mass is 10.4. The highest BCUT2D eigenvalue weighted by molar-refractivity contribution is 6.30. The monoisotopic (exact) mass is 225 g/mol. The summed E-state index contributed by atoms with van der Waals surface area (Å²) < 4.78 is 1.07. The molecule has 2 rings (SSSR count). The molecule has 2 aromatic heterocycles. The molecular weight excluding hydrogens is 222 g/mol. The Balaban J connectivity index is 2.86. The summed E-state index contributed by atoms with van der Waals surface area (Å²) in [4.78, 5) is 22.1. The number of hydrogen-bond donors (Lipinski definition) is 1. The van der Waals surface area contributed by atoms with Crippen molar-refractivity contribution < 1.29 is 9.90 Å². The van der Waals surface area contributed by atoms with E-state index in [0.717, 1.165) is 4.40 Å². The molecule has 0 radical (unpaired) electrons. The van der Waals surface area contributed by atoms with E-state index in [1.807, 2.05) is 0 Å². The molecule has 0 amide bonds. The third kappa shape index (κ3) is 1.55. The van der Waals surface area contributed by atoms with Crippen LogP contribution in [0.4, 0.5) is 0 Å². The predicted octanol–water partition coefficient (Wildman–Crippen LogP) is 0.441. The van der Waals surface area contributed by atoms with Gasteiger partial charge in [0.25, 0.3) is 5.56 Å². The molecule has 76 valence electrons. The van der Waals surface area contributed by atoms with Crippen LogP contribution in [0.15, 0.2) is 23.1 Å². The molecule has 0 aliphatic heterocycles. The number of hydrogen-bond acceptors (Lipinski definition) is 4. The molecule has 0 fully saturated rings. The molecular formula is C8H4ClN3O3. The summed E-state index contributed by atoms with van der Waals surface area (Å²) in [6, 6.07) is 2.88. The van der Waals surface area contributed by atoms with Crippen molar-refractivity contribution >= 4 is 23.2 Å². The molecule has 0 saturated heterocycles. The Morgan fingerprint density at radius 2 is 2.20 bits per heavy atom. The molecule has 0 unspecified atom stereocenters. The Morgan fingerprint density at radius 1 is 1.47 bits per heavy atom. The van der Waals surface area contributed by atoms with Crippen LogP contribution < -0.4 is 5.56 Å². The van der Waals surface area contributed by atoms with E-state index in [1.165, 1.54) is 18.3 Å². The Morgan fingerprint density at radius 3 is 2.87 bits per heavy atom. The lowest BCUT2D eigenvalue weighted by molar-refractivity contribution is 0.0687. The van der Waals surface area contributed by atoms with Gasteiger partial charge in [-0.15, -0.1) is 10.2 Å². The van der Waals surface area contributed by atoms with E-state index in [4.69, 9.17) is 16.7 Å². The molecule has 2 aromatic rings. The minimum absolute atomic E-state index is 0.206. The standard InChI is InChI=1S/C8H4ClN3O3/c9-4-1-2-12-5(3-4)10-11-6(7(12)13)8(14)15/h1-3H,(H,14,15). The number of halogens is 1. The highest BCUT2D eigenvalue weighted by Gasteiger charge is 2.13. The topological polar surface area (TPSA) is 84.6 Å². The summed E-state index contributed by atoms with van der Waals surface area (Å²) in [6.45, 7) is 0. The first kappa shape index (κ1) is 9.60. The molecule has 0 aromatic carbocycles. The zero-order chi connectivity index (χ0) is 11.0. The Hall–Kier alpha value is -1.95. The number of nitrogens with zero attached hydrogens (tertiary/aromatic N) is 3. The number of carbonyl (C=O) groups is 1. The molecule has 15 heavy (non-hydrogen) atoms. The van der Waals surface area contributed by atoms with Crippen molar-refractivity contribution in [3.05, 3.63) is 39.4 Å². The van der Waals surface area contributed by atoms with Crippen LogP contribution in [-0.2, 0) is 0 Å². The SMILES string of the molecule is O=C(O)c1nnc2cc(Cl)ccn2c1=O. The van der Waals surface area contributed by atoms with Crippen molar-refractivity contribution in [1.82, 2.24) is 14.6 Å². The fourth-order valence-electron chi connectivity index (χ4n) is 1.10. The van der Waals surface area contributed by atoms with Crippen LogP contribution >= 0.6 is 11.6 Å². The minimum atomic E-state index is -1.41. The summed E-state index contributed by atoms with van der Waals surface area (Å²) in [6.07, 6.45) is 1.35. The van der Waals surface area contributed by atoms with E-state index in [-0.39, 0.29) is 5.65 Å². The number of carboxylic acids is 1. The van der Waals surface area contributed by atoms with E-state index in [2.05, 4.69) is 10.2 Å². The van der Waals surface area contributed by atoms with Gasteiger partial charge < -0.3 is 5.11 Å². The number of aromatic carboxylic acids is 1. The lowest BCUT2D eigenvalue weighted by Gasteiger charge is -1.99. The van der Waals surface area contributed by atoms with Crippen molar-refractivity contribution in [2.75, 3.05) is 0 Å². The molecule has 0 bridgehead atoms. The normalized spacial score (nSPS) is 10.5. The fourth-order valence-corrected chi connectivity index (χ4v) is 1.26. The maximum absolute atomic E-state index is 11.5. The second kappa shape index (κ2) is 3.32. The fraction of sp³-hybridized carbons (Fsp3) is 0. The maximum Gasteiger partial charge on any atom is 0.362 e. The number of aromatic nitrogens is 3. The van der Waals surface area contributed by atoms with Gasteiger partial charge in [0.1, 0.15) is 0 Å². The van der Waals surface area contributed by atoms with E-state index in [0.29, 0.717) is 5.02 Å². The number of pyridine rings is 1. The van der Waals surface area contributed by atoms with Crippen molar-refractivity contribution in [3.63, 3.8) is 0 Å².